The molecule has 0 atom stereocenters. The number of rotatable bonds is 4. The summed E-state index contributed by atoms with van der Waals surface area (Å²) in [5.41, 5.74) is 1.82. The van der Waals surface area contributed by atoms with Gasteiger partial charge in [0.25, 0.3) is 0 Å². The van der Waals surface area contributed by atoms with Crippen LogP contribution in [0.5, 0.6) is 0 Å². The highest BCUT2D eigenvalue weighted by Gasteiger charge is 2.12. The average molecular weight is 245 g/mol. The second kappa shape index (κ2) is 5.49. The second-order valence-electron chi connectivity index (χ2n) is 4.13. The van der Waals surface area contributed by atoms with Gasteiger partial charge in [-0.3, -0.25) is 9.59 Å². The number of hydrogen-bond donors (Lipinski definition) is 1. The monoisotopic (exact) mass is 245 g/mol. The van der Waals surface area contributed by atoms with Gasteiger partial charge < -0.3 is 9.72 Å². The molecule has 1 N–H and O–H groups in total. The van der Waals surface area contributed by atoms with Gasteiger partial charge in [0.05, 0.1) is 6.42 Å². The molecule has 0 bridgehead atoms. The summed E-state index contributed by atoms with van der Waals surface area (Å²) in [7, 11) is 0. The molecule has 0 unspecified atom stereocenters. The van der Waals surface area contributed by atoms with E-state index in [1.54, 1.807) is 6.20 Å². The van der Waals surface area contributed by atoms with Crippen molar-refractivity contribution in [2.75, 3.05) is 0 Å². The molecule has 1 aromatic heterocycles. The Bertz CT molecular complexity index is 571. The number of benzene rings is 1. The third kappa shape index (κ3) is 2.77. The lowest BCUT2D eigenvalue weighted by Gasteiger charge is -2.01. The Hall–Kier alpha value is -2.10. The van der Waals surface area contributed by atoms with E-state index in [9.17, 15) is 9.59 Å². The van der Waals surface area contributed by atoms with E-state index in [1.807, 2.05) is 31.2 Å². The fraction of sp³-hybridized carbons (Fsp3) is 0.286. The predicted octanol–water partition coefficient (Wildman–Crippen LogP) is 2.58. The zero-order valence-corrected chi connectivity index (χ0v) is 10.2. The summed E-state index contributed by atoms with van der Waals surface area (Å²) in [5, 5.41) is 0.984. The number of aromatic nitrogens is 1. The van der Waals surface area contributed by atoms with E-state index in [1.165, 1.54) is 0 Å². The standard InChI is InChI=1S/C14H15NO3/c1-2-5-13(16)18-14(17)8-10-9-15-12-7-4-3-6-11(10)12/h3-4,6-7,9,15H,2,5,8H2,1H3. The molecular formula is C14H15NO3. The second-order valence-corrected chi connectivity index (χ2v) is 4.13. The van der Waals surface area contributed by atoms with Crippen LogP contribution >= 0.6 is 0 Å². The number of ether oxygens (including phenoxy) is 1. The molecule has 18 heavy (non-hydrogen) atoms. The van der Waals surface area contributed by atoms with E-state index >= 15 is 0 Å². The third-order valence-corrected chi connectivity index (χ3v) is 2.69. The zero-order valence-electron chi connectivity index (χ0n) is 10.2. The molecule has 1 heterocycles. The highest BCUT2D eigenvalue weighted by atomic mass is 16.6. The van der Waals surface area contributed by atoms with E-state index in [2.05, 4.69) is 4.98 Å². The van der Waals surface area contributed by atoms with Gasteiger partial charge in [0.15, 0.2) is 0 Å². The molecule has 1 aromatic carbocycles. The highest BCUT2D eigenvalue weighted by Crippen LogP contribution is 2.18. The third-order valence-electron chi connectivity index (χ3n) is 2.69. The minimum atomic E-state index is -0.502. The van der Waals surface area contributed by atoms with E-state index in [0.717, 1.165) is 16.5 Å². The van der Waals surface area contributed by atoms with E-state index in [-0.39, 0.29) is 12.8 Å². The number of aromatic amines is 1. The minimum absolute atomic E-state index is 0.111. The molecule has 0 aliphatic heterocycles. The molecule has 0 saturated heterocycles. The van der Waals surface area contributed by atoms with Crippen molar-refractivity contribution in [2.45, 2.75) is 26.2 Å². The minimum Gasteiger partial charge on any atom is -0.393 e. The normalized spacial score (nSPS) is 10.5. The van der Waals surface area contributed by atoms with E-state index < -0.39 is 11.9 Å². The molecule has 4 heteroatoms. The molecule has 0 saturated carbocycles. The smallest absolute Gasteiger partial charge is 0.317 e. The number of esters is 2. The molecule has 94 valence electrons. The van der Waals surface area contributed by atoms with Gasteiger partial charge in [-0.05, 0) is 18.1 Å². The van der Waals surface area contributed by atoms with Crippen LogP contribution in [0.4, 0.5) is 0 Å². The van der Waals surface area contributed by atoms with E-state index in [4.69, 9.17) is 4.74 Å². The number of nitrogens with one attached hydrogen (secondary N) is 1. The van der Waals surface area contributed by atoms with Gasteiger partial charge in [-0.1, -0.05) is 25.1 Å². The molecular weight excluding hydrogens is 230 g/mol. The summed E-state index contributed by atoms with van der Waals surface area (Å²) in [6.07, 6.45) is 2.84. The van der Waals surface area contributed by atoms with Crippen molar-refractivity contribution in [3.05, 3.63) is 36.0 Å². The van der Waals surface area contributed by atoms with Crippen molar-refractivity contribution in [3.63, 3.8) is 0 Å². The maximum absolute atomic E-state index is 11.6. The molecule has 2 rings (SSSR count). The summed E-state index contributed by atoms with van der Waals surface area (Å²) >= 11 is 0. The molecule has 0 fully saturated rings. The summed E-state index contributed by atoms with van der Waals surface area (Å²) in [5.74, 6) is -0.958. The first-order valence-corrected chi connectivity index (χ1v) is 5.99. The van der Waals surface area contributed by atoms with Crippen LogP contribution in [0.3, 0.4) is 0 Å². The molecule has 0 aliphatic rings. The lowest BCUT2D eigenvalue weighted by atomic mass is 10.1. The van der Waals surface area contributed by atoms with Crippen molar-refractivity contribution in [2.24, 2.45) is 0 Å². The molecule has 4 nitrogen and oxygen atoms in total. The maximum atomic E-state index is 11.6. The largest absolute Gasteiger partial charge is 0.393 e. The summed E-state index contributed by atoms with van der Waals surface area (Å²) < 4.78 is 4.72. The van der Waals surface area contributed by atoms with Crippen molar-refractivity contribution in [1.82, 2.24) is 4.98 Å². The number of para-hydroxylation sites is 1. The Labute approximate surface area is 105 Å². The number of hydrogen-bond acceptors (Lipinski definition) is 3. The first-order chi connectivity index (χ1) is 8.70. The average Bonchev–Trinajstić information content (AvgIpc) is 2.73. The van der Waals surface area contributed by atoms with Crippen molar-refractivity contribution < 1.29 is 14.3 Å². The van der Waals surface area contributed by atoms with Crippen LogP contribution in [-0.2, 0) is 20.7 Å². The quantitative estimate of drug-likeness (QED) is 0.665. The first-order valence-electron chi connectivity index (χ1n) is 5.99. The van der Waals surface area contributed by atoms with E-state index in [0.29, 0.717) is 6.42 Å². The van der Waals surface area contributed by atoms with Crippen molar-refractivity contribution in [3.8, 4) is 0 Å². The summed E-state index contributed by atoms with van der Waals surface area (Å²) in [6, 6.07) is 7.70. The number of carbonyl (C=O) groups excluding carboxylic acids is 2. The van der Waals surface area contributed by atoms with Crippen LogP contribution in [0.15, 0.2) is 30.5 Å². The number of H-pyrrole nitrogens is 1. The lowest BCUT2D eigenvalue weighted by Crippen LogP contribution is -2.13. The SMILES string of the molecule is CCCC(=O)OC(=O)Cc1c[nH]c2ccccc12. The van der Waals surface area contributed by atoms with Crippen molar-refractivity contribution >= 4 is 22.8 Å². The van der Waals surface area contributed by atoms with Gasteiger partial charge in [0, 0.05) is 23.5 Å². The predicted molar refractivity (Wildman–Crippen MR) is 68.0 cm³/mol. The fourth-order valence-electron chi connectivity index (χ4n) is 1.85. The van der Waals surface area contributed by atoms with Crippen molar-refractivity contribution in [1.29, 1.82) is 0 Å². The lowest BCUT2D eigenvalue weighted by molar-refractivity contribution is -0.159. The first kappa shape index (κ1) is 12.4. The molecule has 0 spiro atoms. The van der Waals surface area contributed by atoms with Crippen LogP contribution < -0.4 is 0 Å². The van der Waals surface area contributed by atoms with Crippen LogP contribution in [-0.4, -0.2) is 16.9 Å². The Kier molecular flexibility index (Phi) is 3.77. The Balaban J connectivity index is 2.05. The number of fused-ring (bicyclic) bond motifs is 1. The van der Waals surface area contributed by atoms with Crippen LogP contribution in [0.2, 0.25) is 0 Å². The number of carbonyl (C=O) groups is 2. The molecule has 2 aromatic rings. The van der Waals surface area contributed by atoms with Gasteiger partial charge in [-0.25, -0.2) is 0 Å². The van der Waals surface area contributed by atoms with Crippen LogP contribution in [0.25, 0.3) is 10.9 Å². The van der Waals surface area contributed by atoms with Gasteiger partial charge >= 0.3 is 11.9 Å². The summed E-state index contributed by atoms with van der Waals surface area (Å²) in [4.78, 5) is 25.9. The molecule has 0 amide bonds. The Morgan fingerprint density at radius 2 is 2.00 bits per heavy atom. The fourth-order valence-corrected chi connectivity index (χ4v) is 1.85. The van der Waals surface area contributed by atoms with Gasteiger partial charge in [0.2, 0.25) is 0 Å². The topological polar surface area (TPSA) is 59.2 Å². The van der Waals surface area contributed by atoms with Gasteiger partial charge in [-0.15, -0.1) is 0 Å². The Morgan fingerprint density at radius 1 is 1.22 bits per heavy atom. The zero-order chi connectivity index (χ0) is 13.0. The van der Waals surface area contributed by atoms with Crippen LogP contribution in [0.1, 0.15) is 25.3 Å². The van der Waals surface area contributed by atoms with Gasteiger partial charge in [-0.2, -0.15) is 0 Å². The maximum Gasteiger partial charge on any atom is 0.317 e. The molecule has 0 radical (unpaired) electrons. The summed E-state index contributed by atoms with van der Waals surface area (Å²) in [6.45, 7) is 1.87. The van der Waals surface area contributed by atoms with Gasteiger partial charge in [0.1, 0.15) is 0 Å². The highest BCUT2D eigenvalue weighted by molar-refractivity contribution is 5.91. The Morgan fingerprint density at radius 3 is 2.78 bits per heavy atom. The van der Waals surface area contributed by atoms with Crippen LogP contribution in [0, 0.1) is 0 Å². The molecule has 0 aliphatic carbocycles.